The molecule has 2 aromatic rings. The number of hydrogen-bond donors (Lipinski definition) is 1. The molecule has 0 aromatic heterocycles. The highest BCUT2D eigenvalue weighted by Gasteiger charge is 2.30. The molecule has 0 saturated heterocycles. The van der Waals surface area contributed by atoms with E-state index in [4.69, 9.17) is 11.6 Å². The minimum Gasteiger partial charge on any atom is -0.210 e. The lowest BCUT2D eigenvalue weighted by atomic mass is 10.1. The lowest BCUT2D eigenvalue weighted by Crippen LogP contribution is -2.30. The third kappa shape index (κ3) is 2.82. The molecule has 1 aliphatic rings. The summed E-state index contributed by atoms with van der Waals surface area (Å²) in [6.07, 6.45) is 2.20. The highest BCUT2D eigenvalue weighted by atomic mass is 35.5. The summed E-state index contributed by atoms with van der Waals surface area (Å²) in [7, 11) is -3.52. The van der Waals surface area contributed by atoms with E-state index in [2.05, 4.69) is 4.72 Å². The maximum absolute atomic E-state index is 12.4. The topological polar surface area (TPSA) is 46.2 Å². The molecule has 0 bridgehead atoms. The summed E-state index contributed by atoms with van der Waals surface area (Å²) in [4.78, 5) is 0.315. The number of nitrogens with one attached hydrogen (secondary N) is 1. The number of sulfonamides is 1. The van der Waals surface area contributed by atoms with Gasteiger partial charge < -0.3 is 0 Å². The fourth-order valence-electron chi connectivity index (χ4n) is 2.32. The maximum Gasteiger partial charge on any atom is 0.241 e. The van der Waals surface area contributed by atoms with Gasteiger partial charge in [-0.05, 0) is 30.2 Å². The Kier molecular flexibility index (Phi) is 3.71. The predicted octanol–water partition coefficient (Wildman–Crippen LogP) is 3.14. The third-order valence-electron chi connectivity index (χ3n) is 3.64. The summed E-state index contributed by atoms with van der Waals surface area (Å²) in [5.74, 6) is 0.465. The van der Waals surface area contributed by atoms with Crippen LogP contribution in [0.1, 0.15) is 12.8 Å². The van der Waals surface area contributed by atoms with Crippen molar-refractivity contribution in [3.8, 4) is 0 Å². The molecule has 2 aromatic carbocycles. The SMILES string of the molecule is O=S(=O)(NCC(Cl)C1CC1)c1cccc2ccccc12. The van der Waals surface area contributed by atoms with Crippen LogP contribution in [0.25, 0.3) is 10.8 Å². The van der Waals surface area contributed by atoms with Gasteiger partial charge in [-0.3, -0.25) is 0 Å². The van der Waals surface area contributed by atoms with Crippen LogP contribution in [0.4, 0.5) is 0 Å². The first-order chi connectivity index (χ1) is 9.58. The Bertz CT molecular complexity index is 720. The highest BCUT2D eigenvalue weighted by molar-refractivity contribution is 7.89. The molecular weight excluding hydrogens is 294 g/mol. The maximum atomic E-state index is 12.4. The Labute approximate surface area is 124 Å². The normalized spacial score (nSPS) is 17.2. The van der Waals surface area contributed by atoms with Gasteiger partial charge in [-0.1, -0.05) is 36.4 Å². The van der Waals surface area contributed by atoms with Crippen molar-refractivity contribution in [2.24, 2.45) is 5.92 Å². The Balaban J connectivity index is 1.88. The number of halogens is 1. The van der Waals surface area contributed by atoms with Gasteiger partial charge >= 0.3 is 0 Å². The molecule has 0 spiro atoms. The summed E-state index contributed by atoms with van der Waals surface area (Å²) in [6, 6.07) is 12.8. The van der Waals surface area contributed by atoms with Gasteiger partial charge in [0.05, 0.1) is 4.90 Å². The van der Waals surface area contributed by atoms with Crippen LogP contribution in [-0.4, -0.2) is 20.3 Å². The Hall–Kier alpha value is -1.10. The lowest BCUT2D eigenvalue weighted by molar-refractivity contribution is 0.577. The quantitative estimate of drug-likeness (QED) is 0.863. The number of fused-ring (bicyclic) bond motifs is 1. The van der Waals surface area contributed by atoms with Crippen molar-refractivity contribution in [2.75, 3.05) is 6.54 Å². The Morgan fingerprint density at radius 3 is 2.60 bits per heavy atom. The van der Waals surface area contributed by atoms with Crippen LogP contribution in [0.15, 0.2) is 47.4 Å². The second-order valence-corrected chi connectivity index (χ2v) is 7.48. The van der Waals surface area contributed by atoms with E-state index in [9.17, 15) is 8.42 Å². The molecule has 0 heterocycles. The average Bonchev–Trinajstić information content (AvgIpc) is 3.29. The van der Waals surface area contributed by atoms with E-state index in [-0.39, 0.29) is 11.9 Å². The van der Waals surface area contributed by atoms with Crippen LogP contribution in [0, 0.1) is 5.92 Å². The Morgan fingerprint density at radius 2 is 1.85 bits per heavy atom. The molecule has 3 nitrogen and oxygen atoms in total. The van der Waals surface area contributed by atoms with Crippen molar-refractivity contribution >= 4 is 32.4 Å². The van der Waals surface area contributed by atoms with Crippen LogP contribution >= 0.6 is 11.6 Å². The average molecular weight is 310 g/mol. The van der Waals surface area contributed by atoms with Crippen LogP contribution < -0.4 is 4.72 Å². The van der Waals surface area contributed by atoms with E-state index < -0.39 is 10.0 Å². The van der Waals surface area contributed by atoms with Gasteiger partial charge in [0.1, 0.15) is 0 Å². The van der Waals surface area contributed by atoms with Crippen molar-refractivity contribution in [1.29, 1.82) is 0 Å². The molecule has 106 valence electrons. The standard InChI is InChI=1S/C15H16ClNO2S/c16-14(12-8-9-12)10-17-20(18,19)15-7-3-5-11-4-1-2-6-13(11)15/h1-7,12,14,17H,8-10H2. The fourth-order valence-corrected chi connectivity index (χ4v) is 4.03. The summed E-state index contributed by atoms with van der Waals surface area (Å²) < 4.78 is 27.5. The molecule has 3 rings (SSSR count). The predicted molar refractivity (Wildman–Crippen MR) is 81.5 cm³/mol. The van der Waals surface area contributed by atoms with Crippen molar-refractivity contribution < 1.29 is 8.42 Å². The second kappa shape index (κ2) is 5.35. The smallest absolute Gasteiger partial charge is 0.210 e. The van der Waals surface area contributed by atoms with E-state index in [0.29, 0.717) is 10.8 Å². The van der Waals surface area contributed by atoms with Gasteiger partial charge in [0, 0.05) is 17.3 Å². The minimum atomic E-state index is -3.52. The van der Waals surface area contributed by atoms with Gasteiger partial charge in [-0.2, -0.15) is 0 Å². The molecular formula is C15H16ClNO2S. The van der Waals surface area contributed by atoms with Crippen molar-refractivity contribution in [1.82, 2.24) is 4.72 Å². The Morgan fingerprint density at radius 1 is 1.15 bits per heavy atom. The minimum absolute atomic E-state index is 0.111. The fraction of sp³-hybridized carbons (Fsp3) is 0.333. The molecule has 5 heteroatoms. The first-order valence-electron chi connectivity index (χ1n) is 6.69. The lowest BCUT2D eigenvalue weighted by Gasteiger charge is -2.12. The van der Waals surface area contributed by atoms with E-state index in [0.717, 1.165) is 23.6 Å². The van der Waals surface area contributed by atoms with Gasteiger partial charge in [0.15, 0.2) is 0 Å². The summed E-state index contributed by atoms with van der Waals surface area (Å²) in [5, 5.41) is 1.54. The van der Waals surface area contributed by atoms with E-state index >= 15 is 0 Å². The number of alkyl halides is 1. The van der Waals surface area contributed by atoms with Gasteiger partial charge in [0.2, 0.25) is 10.0 Å². The van der Waals surface area contributed by atoms with E-state index in [1.54, 1.807) is 12.1 Å². The molecule has 1 saturated carbocycles. The van der Waals surface area contributed by atoms with Crippen molar-refractivity contribution in [2.45, 2.75) is 23.1 Å². The van der Waals surface area contributed by atoms with Crippen molar-refractivity contribution in [3.63, 3.8) is 0 Å². The number of hydrogen-bond acceptors (Lipinski definition) is 2. The second-order valence-electron chi connectivity index (χ2n) is 5.18. The van der Waals surface area contributed by atoms with Crippen molar-refractivity contribution in [3.05, 3.63) is 42.5 Å². The van der Waals surface area contributed by atoms with Crippen LogP contribution in [-0.2, 0) is 10.0 Å². The van der Waals surface area contributed by atoms with Crippen LogP contribution in [0.5, 0.6) is 0 Å². The monoisotopic (exact) mass is 309 g/mol. The number of rotatable bonds is 5. The van der Waals surface area contributed by atoms with Crippen LogP contribution in [0.3, 0.4) is 0 Å². The molecule has 1 unspecified atom stereocenters. The zero-order valence-corrected chi connectivity index (χ0v) is 12.5. The molecule has 20 heavy (non-hydrogen) atoms. The molecule has 1 fully saturated rings. The van der Waals surface area contributed by atoms with Gasteiger partial charge in [-0.25, -0.2) is 13.1 Å². The highest BCUT2D eigenvalue weighted by Crippen LogP contribution is 2.35. The van der Waals surface area contributed by atoms with Gasteiger partial charge in [0.25, 0.3) is 0 Å². The van der Waals surface area contributed by atoms with Gasteiger partial charge in [-0.15, -0.1) is 11.6 Å². The molecule has 1 N–H and O–H groups in total. The summed E-state index contributed by atoms with van der Waals surface area (Å²) >= 11 is 6.16. The molecule has 0 amide bonds. The number of benzene rings is 2. The molecule has 0 radical (unpaired) electrons. The summed E-state index contributed by atoms with van der Waals surface area (Å²) in [6.45, 7) is 0.289. The zero-order valence-electron chi connectivity index (χ0n) is 10.9. The van der Waals surface area contributed by atoms with E-state index in [1.807, 2.05) is 30.3 Å². The first-order valence-corrected chi connectivity index (χ1v) is 8.61. The molecule has 1 aliphatic carbocycles. The zero-order chi connectivity index (χ0) is 14.2. The molecule has 0 aliphatic heterocycles. The van der Waals surface area contributed by atoms with E-state index in [1.165, 1.54) is 0 Å². The third-order valence-corrected chi connectivity index (χ3v) is 5.63. The largest absolute Gasteiger partial charge is 0.241 e. The molecule has 1 atom stereocenters. The first kappa shape index (κ1) is 13.9. The summed E-state index contributed by atoms with van der Waals surface area (Å²) in [5.41, 5.74) is 0. The van der Waals surface area contributed by atoms with Crippen LogP contribution in [0.2, 0.25) is 0 Å².